The maximum absolute atomic E-state index is 14.0. The predicted molar refractivity (Wildman–Crippen MR) is 161 cm³/mol. The molecule has 0 bridgehead atoms. The first-order valence-corrected chi connectivity index (χ1v) is 16.0. The lowest BCUT2D eigenvalue weighted by Crippen LogP contribution is -2.53. The van der Waals surface area contributed by atoms with Crippen LogP contribution >= 0.6 is 15.9 Å². The molecule has 10 heteroatoms. The lowest BCUT2D eigenvalue weighted by atomic mass is 9.95. The molecule has 0 aliphatic heterocycles. The van der Waals surface area contributed by atoms with Gasteiger partial charge in [0.25, 0.3) is 10.0 Å². The zero-order valence-corrected chi connectivity index (χ0v) is 25.6. The Hall–Kier alpha value is -3.24. The summed E-state index contributed by atoms with van der Waals surface area (Å²) >= 11 is 3.42. The van der Waals surface area contributed by atoms with Gasteiger partial charge in [-0.1, -0.05) is 65.0 Å². The van der Waals surface area contributed by atoms with Crippen LogP contribution in [0.5, 0.6) is 0 Å². The summed E-state index contributed by atoms with van der Waals surface area (Å²) in [6, 6.07) is 17.8. The molecule has 1 fully saturated rings. The maximum atomic E-state index is 14.0. The monoisotopic (exact) mass is 643 g/mol. The van der Waals surface area contributed by atoms with Gasteiger partial charge < -0.3 is 10.2 Å². The van der Waals surface area contributed by atoms with E-state index in [4.69, 9.17) is 0 Å². The Morgan fingerprint density at radius 3 is 2.17 bits per heavy atom. The van der Waals surface area contributed by atoms with Crippen LogP contribution < -0.4 is 9.62 Å². The molecule has 1 atom stereocenters. The molecule has 0 heterocycles. The highest BCUT2D eigenvalue weighted by atomic mass is 79.9. The largest absolute Gasteiger partial charge is 0.352 e. The molecule has 2 amide bonds. The first kappa shape index (κ1) is 30.7. The summed E-state index contributed by atoms with van der Waals surface area (Å²) < 4.78 is 43.3. The first-order chi connectivity index (χ1) is 19.5. The normalized spacial score (nSPS) is 14.7. The molecule has 3 aromatic carbocycles. The number of rotatable bonds is 10. The molecule has 1 aliphatic carbocycles. The van der Waals surface area contributed by atoms with Gasteiger partial charge in [0.2, 0.25) is 11.8 Å². The number of nitrogens with zero attached hydrogens (tertiary/aromatic N) is 2. The molecule has 218 valence electrons. The molecule has 1 unspecified atom stereocenters. The fourth-order valence-electron chi connectivity index (χ4n) is 4.91. The number of hydrogen-bond donors (Lipinski definition) is 1. The quantitative estimate of drug-likeness (QED) is 0.295. The third kappa shape index (κ3) is 7.95. The highest BCUT2D eigenvalue weighted by Crippen LogP contribution is 2.26. The van der Waals surface area contributed by atoms with E-state index in [2.05, 4.69) is 21.2 Å². The van der Waals surface area contributed by atoms with Crippen molar-refractivity contribution >= 4 is 43.5 Å². The van der Waals surface area contributed by atoms with Gasteiger partial charge in [-0.25, -0.2) is 12.8 Å². The zero-order valence-electron chi connectivity index (χ0n) is 23.2. The van der Waals surface area contributed by atoms with Crippen molar-refractivity contribution in [2.75, 3.05) is 10.8 Å². The molecule has 0 radical (unpaired) electrons. The Labute approximate surface area is 249 Å². The number of amides is 2. The second-order valence-electron chi connectivity index (χ2n) is 10.5. The van der Waals surface area contributed by atoms with Crippen LogP contribution in [0.15, 0.2) is 82.2 Å². The summed E-state index contributed by atoms with van der Waals surface area (Å²) in [5.74, 6) is -1.37. The van der Waals surface area contributed by atoms with Gasteiger partial charge in [-0.15, -0.1) is 0 Å². The summed E-state index contributed by atoms with van der Waals surface area (Å²) in [6.45, 7) is 3.04. The summed E-state index contributed by atoms with van der Waals surface area (Å²) in [5, 5.41) is 3.09. The average Bonchev–Trinajstić information content (AvgIpc) is 2.96. The second-order valence-corrected chi connectivity index (χ2v) is 13.2. The summed E-state index contributed by atoms with van der Waals surface area (Å²) in [5.41, 5.74) is 1.81. The van der Waals surface area contributed by atoms with E-state index < -0.39 is 34.3 Å². The zero-order chi connectivity index (χ0) is 29.6. The molecule has 1 saturated carbocycles. The minimum absolute atomic E-state index is 0.00257. The Morgan fingerprint density at radius 2 is 1.56 bits per heavy atom. The minimum atomic E-state index is -4.20. The minimum Gasteiger partial charge on any atom is -0.352 e. The SMILES string of the molecule is Cc1ccc(S(=O)(=O)N(CC(=O)N(Cc2ccc(Br)cc2)C(C)C(=O)NC2CCCCC2)c2ccc(F)cc2)cc1. The van der Waals surface area contributed by atoms with Gasteiger partial charge in [0.15, 0.2) is 0 Å². The van der Waals surface area contributed by atoms with Crippen molar-refractivity contribution in [3.05, 3.63) is 94.2 Å². The van der Waals surface area contributed by atoms with Crippen molar-refractivity contribution in [1.29, 1.82) is 0 Å². The van der Waals surface area contributed by atoms with Gasteiger partial charge in [-0.05, 0) is 80.8 Å². The molecule has 0 spiro atoms. The van der Waals surface area contributed by atoms with Gasteiger partial charge in [0.1, 0.15) is 18.4 Å². The van der Waals surface area contributed by atoms with E-state index in [0.29, 0.717) is 0 Å². The smallest absolute Gasteiger partial charge is 0.264 e. The van der Waals surface area contributed by atoms with Gasteiger partial charge in [0, 0.05) is 17.1 Å². The number of anilines is 1. The fourth-order valence-corrected chi connectivity index (χ4v) is 6.59. The Kier molecular flexibility index (Phi) is 10.2. The lowest BCUT2D eigenvalue weighted by molar-refractivity contribution is -0.139. The third-order valence-electron chi connectivity index (χ3n) is 7.39. The van der Waals surface area contributed by atoms with Gasteiger partial charge in [-0.2, -0.15) is 0 Å². The third-order valence-corrected chi connectivity index (χ3v) is 9.70. The maximum Gasteiger partial charge on any atom is 0.264 e. The van der Waals surface area contributed by atoms with Gasteiger partial charge in [-0.3, -0.25) is 13.9 Å². The topological polar surface area (TPSA) is 86.8 Å². The molecule has 0 aromatic heterocycles. The first-order valence-electron chi connectivity index (χ1n) is 13.7. The van der Waals surface area contributed by atoms with Crippen molar-refractivity contribution in [1.82, 2.24) is 10.2 Å². The molecule has 1 N–H and O–H groups in total. The molecule has 0 saturated heterocycles. The summed E-state index contributed by atoms with van der Waals surface area (Å²) in [7, 11) is -4.20. The highest BCUT2D eigenvalue weighted by molar-refractivity contribution is 9.10. The number of sulfonamides is 1. The Morgan fingerprint density at radius 1 is 0.951 bits per heavy atom. The van der Waals surface area contributed by atoms with Crippen LogP contribution in [0.2, 0.25) is 0 Å². The van der Waals surface area contributed by atoms with E-state index in [-0.39, 0.29) is 29.1 Å². The number of aryl methyl sites for hydroxylation is 1. The van der Waals surface area contributed by atoms with Crippen LogP contribution in [0.25, 0.3) is 0 Å². The van der Waals surface area contributed by atoms with Gasteiger partial charge >= 0.3 is 0 Å². The van der Waals surface area contributed by atoms with Crippen LogP contribution in [-0.2, 0) is 26.2 Å². The number of benzene rings is 3. The van der Waals surface area contributed by atoms with Crippen LogP contribution in [0.4, 0.5) is 10.1 Å². The molecule has 1 aliphatic rings. The number of halogens is 2. The molecule has 41 heavy (non-hydrogen) atoms. The molecule has 3 aromatic rings. The van der Waals surface area contributed by atoms with E-state index in [1.807, 2.05) is 31.2 Å². The van der Waals surface area contributed by atoms with Crippen LogP contribution in [0.1, 0.15) is 50.2 Å². The highest BCUT2D eigenvalue weighted by Gasteiger charge is 2.33. The van der Waals surface area contributed by atoms with Crippen LogP contribution in [-0.4, -0.2) is 43.8 Å². The van der Waals surface area contributed by atoms with Crippen molar-refractivity contribution < 1.29 is 22.4 Å². The molecule has 7 nitrogen and oxygen atoms in total. The van der Waals surface area contributed by atoms with Crippen molar-refractivity contribution in [3.63, 3.8) is 0 Å². The fraction of sp³-hybridized carbons (Fsp3) is 0.355. The van der Waals surface area contributed by atoms with Crippen LogP contribution in [0, 0.1) is 12.7 Å². The average molecular weight is 645 g/mol. The molecule has 4 rings (SSSR count). The Bertz CT molecular complexity index is 1440. The number of nitrogens with one attached hydrogen (secondary N) is 1. The van der Waals surface area contributed by atoms with E-state index in [1.165, 1.54) is 29.2 Å². The summed E-state index contributed by atoms with van der Waals surface area (Å²) in [4.78, 5) is 28.8. The van der Waals surface area contributed by atoms with Crippen molar-refractivity contribution in [3.8, 4) is 0 Å². The van der Waals surface area contributed by atoms with Crippen LogP contribution in [0.3, 0.4) is 0 Å². The number of carbonyl (C=O) groups is 2. The van der Waals surface area contributed by atoms with E-state index in [0.717, 1.165) is 64.1 Å². The standard InChI is InChI=1S/C31H35BrFN3O4S/c1-22-8-18-29(19-9-22)41(39,40)36(28-16-14-26(33)15-17-28)21-30(37)35(20-24-10-12-25(32)13-11-24)23(2)31(38)34-27-6-4-3-5-7-27/h8-19,23,27H,3-7,20-21H2,1-2H3,(H,34,38). The van der Waals surface area contributed by atoms with Crippen molar-refractivity contribution in [2.24, 2.45) is 0 Å². The predicted octanol–water partition coefficient (Wildman–Crippen LogP) is 5.96. The van der Waals surface area contributed by atoms with E-state index in [1.54, 1.807) is 19.1 Å². The number of hydrogen-bond acceptors (Lipinski definition) is 4. The van der Waals surface area contributed by atoms with E-state index in [9.17, 15) is 22.4 Å². The summed E-state index contributed by atoms with van der Waals surface area (Å²) in [6.07, 6.45) is 5.03. The second kappa shape index (κ2) is 13.6. The molecular weight excluding hydrogens is 609 g/mol. The van der Waals surface area contributed by atoms with Gasteiger partial charge in [0.05, 0.1) is 10.6 Å². The Balaban J connectivity index is 1.66. The lowest BCUT2D eigenvalue weighted by Gasteiger charge is -2.33. The van der Waals surface area contributed by atoms with Crippen molar-refractivity contribution in [2.45, 2.75) is 69.5 Å². The van der Waals surface area contributed by atoms with E-state index >= 15 is 0 Å². The molecular formula is C31H35BrFN3O4S. The number of carbonyl (C=O) groups excluding carboxylic acids is 2.